The van der Waals surface area contributed by atoms with Crippen LogP contribution in [0.5, 0.6) is 5.75 Å². The van der Waals surface area contributed by atoms with Crippen molar-refractivity contribution in [1.82, 2.24) is 20.5 Å². The predicted octanol–water partition coefficient (Wildman–Crippen LogP) is 0.548. The van der Waals surface area contributed by atoms with Crippen LogP contribution >= 0.6 is 0 Å². The number of nitrogens with zero attached hydrogens (tertiary/aromatic N) is 3. The van der Waals surface area contributed by atoms with E-state index in [1.165, 1.54) is 18.2 Å². The highest BCUT2D eigenvalue weighted by Gasteiger charge is 2.48. The summed E-state index contributed by atoms with van der Waals surface area (Å²) in [6.45, 7) is 0.108. The third kappa shape index (κ3) is 3.19. The molecule has 4 amide bonds. The molecule has 2 aromatic rings. The van der Waals surface area contributed by atoms with Gasteiger partial charge in [-0.25, -0.2) is 9.78 Å². The lowest BCUT2D eigenvalue weighted by molar-refractivity contribution is -0.122. The number of urea groups is 1. The van der Waals surface area contributed by atoms with E-state index in [2.05, 4.69) is 27.5 Å². The minimum Gasteiger partial charge on any atom is -0.497 e. The van der Waals surface area contributed by atoms with Gasteiger partial charge in [0.2, 0.25) is 5.54 Å². The van der Waals surface area contributed by atoms with Crippen molar-refractivity contribution in [3.05, 3.63) is 58.9 Å². The molecule has 2 aliphatic rings. The number of imide groups is 1. The molecule has 1 aromatic heterocycles. The molecule has 9 nitrogen and oxygen atoms in total. The molecule has 1 aromatic carbocycles. The number of benzene rings is 1. The molecule has 0 bridgehead atoms. The summed E-state index contributed by atoms with van der Waals surface area (Å²) >= 11 is 0. The quantitative estimate of drug-likeness (QED) is 0.572. The van der Waals surface area contributed by atoms with Crippen LogP contribution < -0.4 is 15.4 Å². The number of pyridine rings is 1. The number of amides is 4. The summed E-state index contributed by atoms with van der Waals surface area (Å²) in [6, 6.07) is 9.60. The van der Waals surface area contributed by atoms with E-state index in [4.69, 9.17) is 4.74 Å². The Balaban J connectivity index is 1.68. The van der Waals surface area contributed by atoms with Crippen LogP contribution in [0.1, 0.15) is 27.2 Å². The maximum absolute atomic E-state index is 12.9. The van der Waals surface area contributed by atoms with Crippen molar-refractivity contribution in [2.24, 2.45) is 0 Å². The molecule has 148 valence electrons. The van der Waals surface area contributed by atoms with Crippen molar-refractivity contribution >= 4 is 17.8 Å². The van der Waals surface area contributed by atoms with Crippen molar-refractivity contribution in [2.75, 3.05) is 13.7 Å². The van der Waals surface area contributed by atoms with Gasteiger partial charge in [-0.2, -0.15) is 5.26 Å². The van der Waals surface area contributed by atoms with E-state index in [0.29, 0.717) is 16.9 Å². The highest BCUT2D eigenvalue weighted by atomic mass is 16.5. The van der Waals surface area contributed by atoms with Gasteiger partial charge in [-0.3, -0.25) is 14.9 Å². The minimum absolute atomic E-state index is 0.0987. The van der Waals surface area contributed by atoms with Crippen LogP contribution in [0.2, 0.25) is 0 Å². The molecule has 0 aliphatic carbocycles. The molecule has 2 N–H and O–H groups in total. The standard InChI is InChI=1S/C21H15N5O4/c1-30-15-5-4-14-11-26(18(27)16(14)9-15)12-21(19(28)24-20(29)25-21)7-6-13-3-2-8-23-17(13)10-22/h2-5,8-9H,11-12H2,1H3,(H2,24,25,28,29)/t21-/m1/s1. The average molecular weight is 401 g/mol. The lowest BCUT2D eigenvalue weighted by Crippen LogP contribution is -2.54. The number of hydrogen-bond acceptors (Lipinski definition) is 6. The Bertz CT molecular complexity index is 1190. The maximum atomic E-state index is 12.9. The number of nitrogens with one attached hydrogen (secondary N) is 2. The second kappa shape index (κ2) is 7.22. The van der Waals surface area contributed by atoms with Crippen molar-refractivity contribution in [3.8, 4) is 23.7 Å². The Morgan fingerprint density at radius 2 is 2.13 bits per heavy atom. The fourth-order valence-corrected chi connectivity index (χ4v) is 3.38. The number of rotatable bonds is 3. The fourth-order valence-electron chi connectivity index (χ4n) is 3.38. The molecular formula is C21H15N5O4. The van der Waals surface area contributed by atoms with E-state index < -0.39 is 17.5 Å². The number of carbonyl (C=O) groups excluding carboxylic acids is 3. The van der Waals surface area contributed by atoms with E-state index in [1.807, 2.05) is 6.07 Å². The second-order valence-corrected chi connectivity index (χ2v) is 6.76. The van der Waals surface area contributed by atoms with Gasteiger partial charge in [0.05, 0.1) is 19.2 Å². The number of nitriles is 1. The van der Waals surface area contributed by atoms with E-state index in [-0.39, 0.29) is 24.7 Å². The summed E-state index contributed by atoms with van der Waals surface area (Å²) in [5.74, 6) is 5.11. The van der Waals surface area contributed by atoms with Gasteiger partial charge in [-0.05, 0) is 29.8 Å². The van der Waals surface area contributed by atoms with Crippen LogP contribution in [0, 0.1) is 23.2 Å². The zero-order valence-corrected chi connectivity index (χ0v) is 15.9. The van der Waals surface area contributed by atoms with Crippen LogP contribution in [0.4, 0.5) is 4.79 Å². The highest BCUT2D eigenvalue weighted by molar-refractivity contribution is 6.10. The summed E-state index contributed by atoms with van der Waals surface area (Å²) in [7, 11) is 1.51. The first kappa shape index (κ1) is 19.0. The molecule has 0 radical (unpaired) electrons. The Kier molecular flexibility index (Phi) is 4.57. The van der Waals surface area contributed by atoms with Gasteiger partial charge in [0.1, 0.15) is 11.8 Å². The van der Waals surface area contributed by atoms with E-state index in [1.54, 1.807) is 30.3 Å². The number of ether oxygens (including phenoxy) is 1. The van der Waals surface area contributed by atoms with Crippen LogP contribution in [0.25, 0.3) is 0 Å². The van der Waals surface area contributed by atoms with Crippen molar-refractivity contribution in [2.45, 2.75) is 12.1 Å². The van der Waals surface area contributed by atoms with Crippen molar-refractivity contribution in [3.63, 3.8) is 0 Å². The number of aromatic nitrogens is 1. The smallest absolute Gasteiger partial charge is 0.323 e. The zero-order chi connectivity index (χ0) is 21.3. The Hall–Kier alpha value is -4.37. The largest absolute Gasteiger partial charge is 0.497 e. The van der Waals surface area contributed by atoms with Crippen molar-refractivity contribution < 1.29 is 19.1 Å². The Labute approximate surface area is 171 Å². The number of methoxy groups -OCH3 is 1. The third-order valence-electron chi connectivity index (χ3n) is 4.89. The molecule has 9 heteroatoms. The average Bonchev–Trinajstić information content (AvgIpc) is 3.21. The molecule has 0 unspecified atom stereocenters. The first-order valence-corrected chi connectivity index (χ1v) is 8.94. The first-order valence-electron chi connectivity index (χ1n) is 8.94. The maximum Gasteiger partial charge on any atom is 0.323 e. The van der Waals surface area contributed by atoms with Crippen LogP contribution in [0.15, 0.2) is 36.5 Å². The summed E-state index contributed by atoms with van der Waals surface area (Å²) in [5.41, 5.74) is 0.0196. The lowest BCUT2D eigenvalue weighted by Gasteiger charge is -2.26. The molecule has 0 spiro atoms. The van der Waals surface area contributed by atoms with Gasteiger partial charge in [-0.15, -0.1) is 0 Å². The number of carbonyl (C=O) groups is 3. The van der Waals surface area contributed by atoms with Crippen LogP contribution in [0.3, 0.4) is 0 Å². The predicted molar refractivity (Wildman–Crippen MR) is 103 cm³/mol. The summed E-state index contributed by atoms with van der Waals surface area (Å²) < 4.78 is 5.17. The summed E-state index contributed by atoms with van der Waals surface area (Å²) in [5, 5.41) is 13.9. The molecule has 3 heterocycles. The van der Waals surface area contributed by atoms with Crippen LogP contribution in [-0.2, 0) is 11.3 Å². The third-order valence-corrected chi connectivity index (χ3v) is 4.89. The van der Waals surface area contributed by atoms with E-state index in [9.17, 15) is 19.6 Å². The molecule has 0 saturated carbocycles. The molecule has 1 fully saturated rings. The molecule has 2 aliphatic heterocycles. The normalized spacial score (nSPS) is 19.3. The number of fused-ring (bicyclic) bond motifs is 1. The van der Waals surface area contributed by atoms with E-state index in [0.717, 1.165) is 5.56 Å². The number of hydrogen-bond donors (Lipinski definition) is 2. The molecule has 30 heavy (non-hydrogen) atoms. The topological polar surface area (TPSA) is 124 Å². The molecule has 1 saturated heterocycles. The van der Waals surface area contributed by atoms with Crippen molar-refractivity contribution in [1.29, 1.82) is 5.26 Å². The fraction of sp³-hybridized carbons (Fsp3) is 0.190. The van der Waals surface area contributed by atoms with Gasteiger partial charge in [-0.1, -0.05) is 17.9 Å². The van der Waals surface area contributed by atoms with Gasteiger partial charge in [0, 0.05) is 18.3 Å². The lowest BCUT2D eigenvalue weighted by atomic mass is 9.99. The SMILES string of the molecule is COc1ccc2c(c1)C(=O)N(C[C@@]1(C#Cc3cccnc3C#N)NC(=O)NC1=O)C2. The zero-order valence-electron chi connectivity index (χ0n) is 15.9. The molecule has 1 atom stereocenters. The second-order valence-electron chi connectivity index (χ2n) is 6.76. The minimum atomic E-state index is -1.65. The first-order chi connectivity index (χ1) is 14.5. The van der Waals surface area contributed by atoms with Gasteiger partial charge >= 0.3 is 6.03 Å². The van der Waals surface area contributed by atoms with Gasteiger partial charge in [0.15, 0.2) is 5.69 Å². The monoisotopic (exact) mass is 401 g/mol. The molecular weight excluding hydrogens is 386 g/mol. The Morgan fingerprint density at radius 3 is 2.83 bits per heavy atom. The Morgan fingerprint density at radius 1 is 1.30 bits per heavy atom. The van der Waals surface area contributed by atoms with E-state index >= 15 is 0 Å². The van der Waals surface area contributed by atoms with Gasteiger partial charge < -0.3 is 15.0 Å². The highest BCUT2D eigenvalue weighted by Crippen LogP contribution is 2.28. The molecule has 4 rings (SSSR count). The van der Waals surface area contributed by atoms with Gasteiger partial charge in [0.25, 0.3) is 11.8 Å². The summed E-state index contributed by atoms with van der Waals surface area (Å²) in [6.07, 6.45) is 1.46. The van der Waals surface area contributed by atoms with Crippen LogP contribution in [-0.4, -0.2) is 46.9 Å². The summed E-state index contributed by atoms with van der Waals surface area (Å²) in [4.78, 5) is 42.7.